The monoisotopic (exact) mass is 188 g/mol. The Morgan fingerprint density at radius 1 is 1.62 bits per heavy atom. The van der Waals surface area contributed by atoms with Crippen molar-refractivity contribution in [3.8, 4) is 0 Å². The standard InChI is InChI=1S/C9H16O4/c1-3-8(5-11)6-13-9(12)7(2)4-10/h4,8,10-11H,3,5-6H2,1-2H3. The van der Waals surface area contributed by atoms with Gasteiger partial charge in [0.25, 0.3) is 0 Å². The highest BCUT2D eigenvalue weighted by Gasteiger charge is 2.10. The molecule has 4 nitrogen and oxygen atoms in total. The predicted octanol–water partition coefficient (Wildman–Crippen LogP) is 1.01. The van der Waals surface area contributed by atoms with Gasteiger partial charge in [0.05, 0.1) is 18.4 Å². The van der Waals surface area contributed by atoms with Crippen molar-refractivity contribution in [1.82, 2.24) is 0 Å². The molecule has 4 heteroatoms. The molecule has 0 aliphatic rings. The lowest BCUT2D eigenvalue weighted by Gasteiger charge is -2.11. The highest BCUT2D eigenvalue weighted by molar-refractivity contribution is 5.87. The van der Waals surface area contributed by atoms with Gasteiger partial charge in [0, 0.05) is 12.5 Å². The molecule has 0 saturated heterocycles. The molecule has 0 aliphatic carbocycles. The van der Waals surface area contributed by atoms with Crippen molar-refractivity contribution in [2.24, 2.45) is 5.92 Å². The van der Waals surface area contributed by atoms with E-state index in [4.69, 9.17) is 14.9 Å². The van der Waals surface area contributed by atoms with E-state index < -0.39 is 5.97 Å². The Labute approximate surface area is 77.8 Å². The Morgan fingerprint density at radius 2 is 2.23 bits per heavy atom. The van der Waals surface area contributed by atoms with Crippen molar-refractivity contribution < 1.29 is 19.7 Å². The summed E-state index contributed by atoms with van der Waals surface area (Å²) in [6.07, 6.45) is 1.47. The first-order chi connectivity index (χ1) is 6.15. The summed E-state index contributed by atoms with van der Waals surface area (Å²) in [5.74, 6) is -0.565. The molecule has 0 spiro atoms. The number of rotatable bonds is 5. The zero-order valence-corrected chi connectivity index (χ0v) is 7.99. The molecule has 76 valence electrons. The molecule has 2 N–H and O–H groups in total. The van der Waals surface area contributed by atoms with Crippen LogP contribution in [0.25, 0.3) is 0 Å². The van der Waals surface area contributed by atoms with E-state index in [1.165, 1.54) is 6.92 Å². The van der Waals surface area contributed by atoms with Crippen molar-refractivity contribution in [2.45, 2.75) is 20.3 Å². The summed E-state index contributed by atoms with van der Waals surface area (Å²) in [6, 6.07) is 0. The van der Waals surface area contributed by atoms with E-state index in [9.17, 15) is 4.79 Å². The summed E-state index contributed by atoms with van der Waals surface area (Å²) in [7, 11) is 0. The van der Waals surface area contributed by atoms with Gasteiger partial charge in [0.15, 0.2) is 0 Å². The maximum absolute atomic E-state index is 11.0. The Morgan fingerprint density at radius 3 is 2.62 bits per heavy atom. The molecular weight excluding hydrogens is 172 g/mol. The van der Waals surface area contributed by atoms with Crippen LogP contribution in [0.2, 0.25) is 0 Å². The number of aliphatic hydroxyl groups is 2. The number of aliphatic hydroxyl groups excluding tert-OH is 2. The molecule has 0 amide bonds. The lowest BCUT2D eigenvalue weighted by molar-refractivity contribution is -0.140. The van der Waals surface area contributed by atoms with E-state index in [1.54, 1.807) is 0 Å². The first kappa shape index (κ1) is 12.0. The third-order valence-corrected chi connectivity index (χ3v) is 1.80. The molecule has 0 aromatic carbocycles. The molecule has 0 aliphatic heterocycles. The minimum absolute atomic E-state index is 0.00562. The van der Waals surface area contributed by atoms with E-state index in [0.29, 0.717) is 6.26 Å². The predicted molar refractivity (Wildman–Crippen MR) is 48.2 cm³/mol. The van der Waals surface area contributed by atoms with Crippen molar-refractivity contribution in [2.75, 3.05) is 13.2 Å². The maximum atomic E-state index is 11.0. The first-order valence-electron chi connectivity index (χ1n) is 4.24. The molecule has 0 heterocycles. The SMILES string of the molecule is CCC(CO)COC(=O)C(C)=CO. The van der Waals surface area contributed by atoms with Crippen LogP contribution in [-0.2, 0) is 9.53 Å². The molecule has 0 aromatic rings. The number of carbonyl (C=O) groups is 1. The first-order valence-corrected chi connectivity index (χ1v) is 4.24. The lowest BCUT2D eigenvalue weighted by atomic mass is 10.1. The minimum atomic E-state index is -0.547. The zero-order chi connectivity index (χ0) is 10.3. The second kappa shape index (κ2) is 6.48. The van der Waals surface area contributed by atoms with Gasteiger partial charge in [-0.15, -0.1) is 0 Å². The number of ether oxygens (including phenoxy) is 1. The van der Waals surface area contributed by atoms with E-state index in [2.05, 4.69) is 0 Å². The number of hydrogen-bond donors (Lipinski definition) is 2. The van der Waals surface area contributed by atoms with E-state index in [-0.39, 0.29) is 24.7 Å². The van der Waals surface area contributed by atoms with Gasteiger partial charge < -0.3 is 14.9 Å². The molecule has 0 bridgehead atoms. The molecule has 0 radical (unpaired) electrons. The van der Waals surface area contributed by atoms with Crippen LogP contribution in [0.5, 0.6) is 0 Å². The fourth-order valence-electron chi connectivity index (χ4n) is 0.660. The molecule has 1 atom stereocenters. The van der Waals surface area contributed by atoms with Gasteiger partial charge in [0.1, 0.15) is 0 Å². The lowest BCUT2D eigenvalue weighted by Crippen LogP contribution is -2.17. The van der Waals surface area contributed by atoms with Crippen LogP contribution < -0.4 is 0 Å². The highest BCUT2D eigenvalue weighted by atomic mass is 16.5. The van der Waals surface area contributed by atoms with Gasteiger partial charge in [-0.2, -0.15) is 0 Å². The normalized spacial score (nSPS) is 13.9. The molecule has 0 fully saturated rings. The number of hydrogen-bond acceptors (Lipinski definition) is 4. The number of esters is 1. The largest absolute Gasteiger partial charge is 0.515 e. The third kappa shape index (κ3) is 4.52. The fourth-order valence-corrected chi connectivity index (χ4v) is 0.660. The van der Waals surface area contributed by atoms with Crippen LogP contribution in [0.4, 0.5) is 0 Å². The Bertz CT molecular complexity index is 182. The molecule has 0 aromatic heterocycles. The van der Waals surface area contributed by atoms with Crippen molar-refractivity contribution in [1.29, 1.82) is 0 Å². The number of carbonyl (C=O) groups excluding carboxylic acids is 1. The second-order valence-electron chi connectivity index (χ2n) is 2.87. The van der Waals surface area contributed by atoms with Crippen LogP contribution in [0.1, 0.15) is 20.3 Å². The van der Waals surface area contributed by atoms with Gasteiger partial charge in [-0.3, -0.25) is 0 Å². The quantitative estimate of drug-likeness (QED) is 0.384. The summed E-state index contributed by atoms with van der Waals surface area (Å²) in [6.45, 7) is 3.56. The zero-order valence-electron chi connectivity index (χ0n) is 7.99. The average molecular weight is 188 g/mol. The van der Waals surface area contributed by atoms with Crippen LogP contribution in [0, 0.1) is 5.92 Å². The fraction of sp³-hybridized carbons (Fsp3) is 0.667. The maximum Gasteiger partial charge on any atom is 0.336 e. The van der Waals surface area contributed by atoms with Gasteiger partial charge in [-0.25, -0.2) is 4.79 Å². The topological polar surface area (TPSA) is 66.8 Å². The molecule has 0 saturated carbocycles. The van der Waals surface area contributed by atoms with Gasteiger partial charge in [-0.1, -0.05) is 6.92 Å². The van der Waals surface area contributed by atoms with Gasteiger partial charge in [0.2, 0.25) is 0 Å². The molecule has 13 heavy (non-hydrogen) atoms. The van der Waals surface area contributed by atoms with Crippen molar-refractivity contribution in [3.63, 3.8) is 0 Å². The minimum Gasteiger partial charge on any atom is -0.515 e. The molecule has 0 rings (SSSR count). The second-order valence-corrected chi connectivity index (χ2v) is 2.87. The van der Waals surface area contributed by atoms with E-state index >= 15 is 0 Å². The summed E-state index contributed by atoms with van der Waals surface area (Å²) < 4.78 is 4.81. The third-order valence-electron chi connectivity index (χ3n) is 1.80. The smallest absolute Gasteiger partial charge is 0.336 e. The van der Waals surface area contributed by atoms with Gasteiger partial charge >= 0.3 is 5.97 Å². The average Bonchev–Trinajstić information content (AvgIpc) is 2.17. The van der Waals surface area contributed by atoms with E-state index in [0.717, 1.165) is 6.42 Å². The molecule has 1 unspecified atom stereocenters. The van der Waals surface area contributed by atoms with Crippen LogP contribution in [0.3, 0.4) is 0 Å². The van der Waals surface area contributed by atoms with E-state index in [1.807, 2.05) is 6.92 Å². The Balaban J connectivity index is 3.81. The summed E-state index contributed by atoms with van der Waals surface area (Å²) >= 11 is 0. The van der Waals surface area contributed by atoms with Crippen molar-refractivity contribution >= 4 is 5.97 Å². The Kier molecular flexibility index (Phi) is 5.97. The Hall–Kier alpha value is -1.03. The summed E-state index contributed by atoms with van der Waals surface area (Å²) in [4.78, 5) is 11.0. The highest BCUT2D eigenvalue weighted by Crippen LogP contribution is 2.03. The van der Waals surface area contributed by atoms with Gasteiger partial charge in [-0.05, 0) is 13.3 Å². The summed E-state index contributed by atoms with van der Waals surface area (Å²) in [5, 5.41) is 17.3. The van der Waals surface area contributed by atoms with Crippen LogP contribution >= 0.6 is 0 Å². The van der Waals surface area contributed by atoms with Crippen LogP contribution in [-0.4, -0.2) is 29.4 Å². The summed E-state index contributed by atoms with van der Waals surface area (Å²) in [5.41, 5.74) is 0.160. The molecular formula is C9H16O4. The van der Waals surface area contributed by atoms with Crippen LogP contribution in [0.15, 0.2) is 11.8 Å². The van der Waals surface area contributed by atoms with Crippen molar-refractivity contribution in [3.05, 3.63) is 11.8 Å².